The number of aliphatic carboxylic acids is 1. The Kier molecular flexibility index (Phi) is 9.92. The topological polar surface area (TPSA) is 118 Å². The highest BCUT2D eigenvalue weighted by Crippen LogP contribution is 2.35. The molecule has 0 spiro atoms. The summed E-state index contributed by atoms with van der Waals surface area (Å²) in [6.07, 6.45) is 0.222. The summed E-state index contributed by atoms with van der Waals surface area (Å²) in [5, 5.41) is 45.2. The number of benzene rings is 2. The average molecular weight is 435 g/mol. The Balaban J connectivity index is 0.000000479. The number of aromatic hydroxyl groups is 4. The van der Waals surface area contributed by atoms with Gasteiger partial charge in [0, 0.05) is 6.42 Å². The van der Waals surface area contributed by atoms with E-state index in [2.05, 4.69) is 41.5 Å². The second kappa shape index (κ2) is 10.9. The minimum absolute atomic E-state index is 0.00403. The molecule has 0 amide bonds. The van der Waals surface area contributed by atoms with Crippen LogP contribution in [0.25, 0.3) is 0 Å². The largest absolute Gasteiger partial charge is 0.504 e. The molecule has 6 nitrogen and oxygen atoms in total. The molecule has 0 heterocycles. The zero-order valence-corrected chi connectivity index (χ0v) is 20.2. The van der Waals surface area contributed by atoms with E-state index in [-0.39, 0.29) is 40.2 Å². The molecule has 0 bridgehead atoms. The molecular formula is C25H38O6. The lowest BCUT2D eigenvalue weighted by Gasteiger charge is -2.20. The summed E-state index contributed by atoms with van der Waals surface area (Å²) >= 11 is 0. The third-order valence-electron chi connectivity index (χ3n) is 4.60. The standard InChI is InChI=1S/2C11H16O2.C3H6O2/c2*1-7-5-8(11(2,3)4)6-9(12)10(7)13;1-2-3(4)5/h2*5-6,12-13H,1-4H3;2H2,1H3,(H,4,5). The van der Waals surface area contributed by atoms with Gasteiger partial charge in [-0.25, -0.2) is 0 Å². The fourth-order valence-electron chi connectivity index (χ4n) is 2.39. The van der Waals surface area contributed by atoms with Gasteiger partial charge in [0.25, 0.3) is 0 Å². The number of rotatable bonds is 1. The lowest BCUT2D eigenvalue weighted by atomic mass is 9.86. The number of hydrogen-bond donors (Lipinski definition) is 5. The lowest BCUT2D eigenvalue weighted by molar-refractivity contribution is -0.136. The van der Waals surface area contributed by atoms with E-state index in [1.54, 1.807) is 32.9 Å². The zero-order valence-electron chi connectivity index (χ0n) is 20.2. The van der Waals surface area contributed by atoms with E-state index in [0.29, 0.717) is 11.1 Å². The van der Waals surface area contributed by atoms with Crippen LogP contribution in [0, 0.1) is 13.8 Å². The van der Waals surface area contributed by atoms with Crippen molar-refractivity contribution in [2.45, 2.75) is 79.6 Å². The highest BCUT2D eigenvalue weighted by Gasteiger charge is 2.17. The summed E-state index contributed by atoms with van der Waals surface area (Å²) in [5.74, 6) is -0.860. The van der Waals surface area contributed by atoms with Crippen molar-refractivity contribution in [3.8, 4) is 23.0 Å². The predicted octanol–water partition coefficient (Wildman–Crippen LogP) is 5.89. The molecule has 6 heteroatoms. The van der Waals surface area contributed by atoms with Gasteiger partial charge in [-0.2, -0.15) is 0 Å². The van der Waals surface area contributed by atoms with E-state index in [0.717, 1.165) is 11.1 Å². The van der Waals surface area contributed by atoms with Gasteiger partial charge < -0.3 is 25.5 Å². The first-order valence-corrected chi connectivity index (χ1v) is 10.2. The van der Waals surface area contributed by atoms with Crippen molar-refractivity contribution < 1.29 is 30.3 Å². The van der Waals surface area contributed by atoms with E-state index in [1.807, 2.05) is 12.1 Å². The molecular weight excluding hydrogens is 396 g/mol. The molecule has 0 aromatic heterocycles. The minimum atomic E-state index is -0.745. The van der Waals surface area contributed by atoms with Gasteiger partial charge in [-0.1, -0.05) is 60.6 Å². The molecule has 0 aliphatic heterocycles. The van der Waals surface area contributed by atoms with Gasteiger partial charge in [0.1, 0.15) is 0 Å². The molecule has 0 unspecified atom stereocenters. The monoisotopic (exact) mass is 434 g/mol. The molecule has 0 radical (unpaired) electrons. The Bertz CT molecular complexity index is 772. The van der Waals surface area contributed by atoms with Crippen LogP contribution in [0.5, 0.6) is 23.0 Å². The maximum atomic E-state index is 9.39. The molecule has 0 aliphatic rings. The molecule has 0 saturated carbocycles. The first kappa shape index (κ1) is 28.1. The summed E-state index contributed by atoms with van der Waals surface area (Å²) in [4.78, 5) is 9.37. The van der Waals surface area contributed by atoms with Crippen LogP contribution >= 0.6 is 0 Å². The summed E-state index contributed by atoms with van der Waals surface area (Å²) < 4.78 is 0. The fourth-order valence-corrected chi connectivity index (χ4v) is 2.39. The Labute approximate surface area is 185 Å². The Hall–Kier alpha value is -2.89. The molecule has 0 saturated heterocycles. The highest BCUT2D eigenvalue weighted by atomic mass is 16.4. The number of aryl methyl sites for hydroxylation is 2. The maximum absolute atomic E-state index is 9.39. The van der Waals surface area contributed by atoms with Crippen LogP contribution < -0.4 is 0 Å². The van der Waals surface area contributed by atoms with Gasteiger partial charge in [0.2, 0.25) is 0 Å². The number of carbonyl (C=O) groups is 1. The molecule has 0 fully saturated rings. The van der Waals surface area contributed by atoms with Gasteiger partial charge >= 0.3 is 5.97 Å². The Morgan fingerprint density at radius 1 is 0.710 bits per heavy atom. The molecule has 174 valence electrons. The van der Waals surface area contributed by atoms with Crippen LogP contribution in [0.15, 0.2) is 24.3 Å². The number of carboxylic acids is 1. The molecule has 31 heavy (non-hydrogen) atoms. The van der Waals surface area contributed by atoms with E-state index in [1.165, 1.54) is 0 Å². The number of phenols is 4. The third kappa shape index (κ3) is 9.20. The van der Waals surface area contributed by atoms with Crippen molar-refractivity contribution in [1.29, 1.82) is 0 Å². The normalized spacial score (nSPS) is 11.0. The number of hydrogen-bond acceptors (Lipinski definition) is 5. The first-order valence-electron chi connectivity index (χ1n) is 10.2. The van der Waals surface area contributed by atoms with E-state index in [4.69, 9.17) is 5.11 Å². The van der Waals surface area contributed by atoms with Crippen molar-refractivity contribution in [2.75, 3.05) is 0 Å². The van der Waals surface area contributed by atoms with Gasteiger partial charge in [-0.15, -0.1) is 0 Å². The summed E-state index contributed by atoms with van der Waals surface area (Å²) in [7, 11) is 0. The van der Waals surface area contributed by atoms with Crippen molar-refractivity contribution >= 4 is 5.97 Å². The second-order valence-electron chi connectivity index (χ2n) is 9.57. The van der Waals surface area contributed by atoms with Gasteiger partial charge in [0.05, 0.1) is 0 Å². The predicted molar refractivity (Wildman–Crippen MR) is 124 cm³/mol. The van der Waals surface area contributed by atoms with E-state index < -0.39 is 5.97 Å². The smallest absolute Gasteiger partial charge is 0.303 e. The van der Waals surface area contributed by atoms with E-state index >= 15 is 0 Å². The SMILES string of the molecule is CCC(=O)O.Cc1cc(C(C)(C)C)cc(O)c1O.Cc1cc(C(C)(C)C)cc(O)c1O. The van der Waals surface area contributed by atoms with Gasteiger partial charge in [-0.3, -0.25) is 4.79 Å². The van der Waals surface area contributed by atoms with Crippen LogP contribution in [0.4, 0.5) is 0 Å². The van der Waals surface area contributed by atoms with Crippen molar-refractivity contribution in [2.24, 2.45) is 0 Å². The first-order chi connectivity index (χ1) is 13.9. The molecule has 0 aliphatic carbocycles. The van der Waals surface area contributed by atoms with Crippen LogP contribution in [0.1, 0.15) is 77.1 Å². The quantitative estimate of drug-likeness (QED) is 0.357. The van der Waals surface area contributed by atoms with Crippen molar-refractivity contribution in [3.63, 3.8) is 0 Å². The maximum Gasteiger partial charge on any atom is 0.303 e. The number of phenolic OH excluding ortho intramolecular Hbond substituents is 4. The third-order valence-corrected chi connectivity index (χ3v) is 4.60. The van der Waals surface area contributed by atoms with Crippen molar-refractivity contribution in [1.82, 2.24) is 0 Å². The van der Waals surface area contributed by atoms with Crippen LogP contribution in [-0.4, -0.2) is 31.5 Å². The highest BCUT2D eigenvalue weighted by molar-refractivity contribution is 5.66. The zero-order chi connectivity index (χ0) is 24.7. The minimum Gasteiger partial charge on any atom is -0.504 e. The Morgan fingerprint density at radius 2 is 0.968 bits per heavy atom. The molecule has 5 N–H and O–H groups in total. The van der Waals surface area contributed by atoms with Crippen LogP contribution in [-0.2, 0) is 15.6 Å². The van der Waals surface area contributed by atoms with Crippen LogP contribution in [0.3, 0.4) is 0 Å². The molecule has 0 atom stereocenters. The van der Waals surface area contributed by atoms with E-state index in [9.17, 15) is 25.2 Å². The summed E-state index contributed by atoms with van der Waals surface area (Å²) in [5.41, 5.74) is 3.47. The molecule has 2 aromatic rings. The summed E-state index contributed by atoms with van der Waals surface area (Å²) in [6, 6.07) is 7.02. The second-order valence-corrected chi connectivity index (χ2v) is 9.57. The Morgan fingerprint density at radius 3 is 1.13 bits per heavy atom. The summed E-state index contributed by atoms with van der Waals surface area (Å²) in [6.45, 7) is 17.6. The molecule has 2 rings (SSSR count). The lowest BCUT2D eigenvalue weighted by Crippen LogP contribution is -2.10. The van der Waals surface area contributed by atoms with Crippen LogP contribution in [0.2, 0.25) is 0 Å². The fraction of sp³-hybridized carbons (Fsp3) is 0.480. The molecule has 2 aromatic carbocycles. The van der Waals surface area contributed by atoms with Gasteiger partial charge in [0.15, 0.2) is 23.0 Å². The van der Waals surface area contributed by atoms with Gasteiger partial charge in [-0.05, 0) is 59.1 Å². The number of carboxylic acid groups (broad SMARTS) is 1. The van der Waals surface area contributed by atoms with Crippen molar-refractivity contribution in [3.05, 3.63) is 46.5 Å². The average Bonchev–Trinajstić information content (AvgIpc) is 2.62.